The van der Waals surface area contributed by atoms with Crippen LogP contribution in [0.4, 0.5) is 17.6 Å². The van der Waals surface area contributed by atoms with Gasteiger partial charge in [0.25, 0.3) is 5.91 Å². The Morgan fingerprint density at radius 2 is 1.74 bits per heavy atom. The number of hydrogen-bond donors (Lipinski definition) is 0. The van der Waals surface area contributed by atoms with Crippen molar-refractivity contribution in [3.8, 4) is 11.5 Å². The molecule has 0 aliphatic carbocycles. The summed E-state index contributed by atoms with van der Waals surface area (Å²) in [6.07, 6.45) is 0.400. The number of nitrogens with zero attached hydrogens (tertiary/aromatic N) is 1. The number of carbonyl (C=O) groups excluding carboxylic acids is 1. The van der Waals surface area contributed by atoms with Gasteiger partial charge in [0.15, 0.2) is 34.8 Å². The van der Waals surface area contributed by atoms with E-state index in [1.165, 1.54) is 30.5 Å². The molecule has 1 aliphatic rings. The molecule has 1 unspecified atom stereocenters. The molecule has 0 bridgehead atoms. The molecule has 0 saturated carbocycles. The Morgan fingerprint density at radius 1 is 1.03 bits per heavy atom. The molecule has 4 rings (SSSR count). The summed E-state index contributed by atoms with van der Waals surface area (Å²) in [7, 11) is 3.00. The average molecular weight is 451 g/mol. The minimum Gasteiger partial charge on any atom is -0.493 e. The van der Waals surface area contributed by atoms with Crippen LogP contribution in [0.5, 0.6) is 11.5 Å². The highest BCUT2D eigenvalue weighted by Gasteiger charge is 2.36. The highest BCUT2D eigenvalue weighted by Crippen LogP contribution is 2.42. The van der Waals surface area contributed by atoms with E-state index in [0.29, 0.717) is 24.0 Å². The van der Waals surface area contributed by atoms with E-state index in [2.05, 4.69) is 0 Å². The molecule has 0 saturated heterocycles. The molecule has 31 heavy (non-hydrogen) atoms. The van der Waals surface area contributed by atoms with Crippen molar-refractivity contribution in [2.75, 3.05) is 20.8 Å². The molecule has 0 radical (unpaired) electrons. The number of thiophene rings is 1. The van der Waals surface area contributed by atoms with Crippen LogP contribution in [-0.2, 0) is 6.42 Å². The lowest BCUT2D eigenvalue weighted by molar-refractivity contribution is 0.0689. The van der Waals surface area contributed by atoms with Crippen molar-refractivity contribution in [2.24, 2.45) is 0 Å². The Balaban J connectivity index is 1.85. The third-order valence-electron chi connectivity index (χ3n) is 5.28. The van der Waals surface area contributed by atoms with Gasteiger partial charge in [0.1, 0.15) is 0 Å². The van der Waals surface area contributed by atoms with Gasteiger partial charge in [-0.05, 0) is 47.2 Å². The number of fused-ring (bicyclic) bond motifs is 1. The number of halogens is 4. The first kappa shape index (κ1) is 21.2. The molecule has 0 N–H and O–H groups in total. The fourth-order valence-corrected chi connectivity index (χ4v) is 4.66. The molecule has 162 valence electrons. The van der Waals surface area contributed by atoms with E-state index >= 15 is 0 Å². The Hall–Kier alpha value is -3.07. The van der Waals surface area contributed by atoms with Crippen LogP contribution in [0.25, 0.3) is 0 Å². The van der Waals surface area contributed by atoms with Gasteiger partial charge in [-0.2, -0.15) is 0 Å². The van der Waals surface area contributed by atoms with Crippen LogP contribution in [0, 0.1) is 23.3 Å². The fourth-order valence-electron chi connectivity index (χ4n) is 3.80. The quantitative estimate of drug-likeness (QED) is 0.314. The molecule has 9 heteroatoms. The van der Waals surface area contributed by atoms with Gasteiger partial charge < -0.3 is 14.4 Å². The van der Waals surface area contributed by atoms with Crippen LogP contribution in [0.2, 0.25) is 0 Å². The number of amides is 1. The third-order valence-corrected chi connectivity index (χ3v) is 6.20. The van der Waals surface area contributed by atoms with Gasteiger partial charge in [-0.15, -0.1) is 11.3 Å². The Morgan fingerprint density at radius 3 is 2.39 bits per heavy atom. The standard InChI is InChI=1S/C22H17F4NO3S/c1-29-15-8-11-5-6-27(22(28)13-9-14(23)19(25)20(26)18(13)24)21(17-4-3-7-31-17)12(11)10-16(15)30-2/h3-4,7-10,21H,5-6H2,1-2H3. The van der Waals surface area contributed by atoms with Crippen molar-refractivity contribution in [3.63, 3.8) is 0 Å². The summed E-state index contributed by atoms with van der Waals surface area (Å²) >= 11 is 1.38. The summed E-state index contributed by atoms with van der Waals surface area (Å²) in [5, 5.41) is 1.82. The predicted octanol–water partition coefficient (Wildman–Crippen LogP) is 5.11. The van der Waals surface area contributed by atoms with Gasteiger partial charge in [0.05, 0.1) is 25.8 Å². The molecule has 1 amide bonds. The van der Waals surface area contributed by atoms with E-state index in [1.54, 1.807) is 12.1 Å². The molecular weight excluding hydrogens is 434 g/mol. The van der Waals surface area contributed by atoms with E-state index in [4.69, 9.17) is 9.47 Å². The van der Waals surface area contributed by atoms with E-state index in [-0.39, 0.29) is 6.54 Å². The fraction of sp³-hybridized carbons (Fsp3) is 0.227. The number of rotatable bonds is 4. The van der Waals surface area contributed by atoms with Crippen molar-refractivity contribution < 1.29 is 31.8 Å². The number of hydrogen-bond acceptors (Lipinski definition) is 4. The Labute approximate surface area is 179 Å². The van der Waals surface area contributed by atoms with Crippen LogP contribution in [0.3, 0.4) is 0 Å². The highest BCUT2D eigenvalue weighted by molar-refractivity contribution is 7.10. The van der Waals surface area contributed by atoms with Crippen molar-refractivity contribution in [3.05, 3.63) is 80.5 Å². The number of methoxy groups -OCH3 is 2. The topological polar surface area (TPSA) is 38.8 Å². The molecule has 3 aromatic rings. The second-order valence-corrected chi connectivity index (χ2v) is 7.90. The molecular formula is C22H17F4NO3S. The summed E-state index contributed by atoms with van der Waals surface area (Å²) < 4.78 is 66.0. The van der Waals surface area contributed by atoms with E-state index < -0.39 is 40.8 Å². The molecule has 1 atom stereocenters. The minimum atomic E-state index is -2.01. The molecule has 0 spiro atoms. The van der Waals surface area contributed by atoms with E-state index in [0.717, 1.165) is 16.0 Å². The first-order valence-electron chi connectivity index (χ1n) is 9.29. The second-order valence-electron chi connectivity index (χ2n) is 6.92. The van der Waals surface area contributed by atoms with Crippen LogP contribution >= 0.6 is 11.3 Å². The molecule has 0 fully saturated rings. The molecule has 1 aromatic heterocycles. The Bertz CT molecular complexity index is 1150. The zero-order valence-corrected chi connectivity index (χ0v) is 17.4. The van der Waals surface area contributed by atoms with Crippen molar-refractivity contribution in [2.45, 2.75) is 12.5 Å². The maximum Gasteiger partial charge on any atom is 0.257 e. The van der Waals surface area contributed by atoms with Crippen molar-refractivity contribution in [1.29, 1.82) is 0 Å². The molecule has 1 aliphatic heterocycles. The van der Waals surface area contributed by atoms with Gasteiger partial charge in [-0.3, -0.25) is 4.79 Å². The van der Waals surface area contributed by atoms with Gasteiger partial charge in [0, 0.05) is 11.4 Å². The van der Waals surface area contributed by atoms with E-state index in [9.17, 15) is 22.4 Å². The summed E-state index contributed by atoms with van der Waals surface area (Å²) in [6.45, 7) is 0.157. The summed E-state index contributed by atoms with van der Waals surface area (Å²) in [4.78, 5) is 15.3. The van der Waals surface area contributed by atoms with Gasteiger partial charge in [-0.1, -0.05) is 6.07 Å². The molecule has 2 heterocycles. The maximum absolute atomic E-state index is 14.4. The zero-order chi connectivity index (χ0) is 22.3. The smallest absolute Gasteiger partial charge is 0.257 e. The highest BCUT2D eigenvalue weighted by atomic mass is 32.1. The normalized spacial score (nSPS) is 15.5. The van der Waals surface area contributed by atoms with E-state index in [1.807, 2.05) is 17.5 Å². The SMILES string of the molecule is COc1cc2c(cc1OC)C(c1cccs1)N(C(=O)c1cc(F)c(F)c(F)c1F)CC2. The van der Waals surface area contributed by atoms with Crippen LogP contribution < -0.4 is 9.47 Å². The van der Waals surface area contributed by atoms with Gasteiger partial charge >= 0.3 is 0 Å². The maximum atomic E-state index is 14.4. The largest absolute Gasteiger partial charge is 0.493 e. The first-order valence-corrected chi connectivity index (χ1v) is 10.2. The number of carbonyl (C=O) groups is 1. The van der Waals surface area contributed by atoms with Gasteiger partial charge in [-0.25, -0.2) is 17.6 Å². The first-order chi connectivity index (χ1) is 14.9. The molecule has 2 aromatic carbocycles. The average Bonchev–Trinajstić information content (AvgIpc) is 3.32. The molecule has 4 nitrogen and oxygen atoms in total. The van der Waals surface area contributed by atoms with Crippen LogP contribution in [-0.4, -0.2) is 31.6 Å². The van der Waals surface area contributed by atoms with Crippen LogP contribution in [0.15, 0.2) is 35.7 Å². The predicted molar refractivity (Wildman–Crippen MR) is 107 cm³/mol. The lowest BCUT2D eigenvalue weighted by Gasteiger charge is -2.37. The second kappa shape index (κ2) is 8.22. The lowest BCUT2D eigenvalue weighted by Crippen LogP contribution is -2.41. The number of ether oxygens (including phenoxy) is 2. The Kier molecular flexibility index (Phi) is 5.62. The summed E-state index contributed by atoms with van der Waals surface area (Å²) in [5.74, 6) is -7.27. The summed E-state index contributed by atoms with van der Waals surface area (Å²) in [5.41, 5.74) is 0.766. The van der Waals surface area contributed by atoms with Crippen LogP contribution in [0.1, 0.15) is 32.4 Å². The van der Waals surface area contributed by atoms with Gasteiger partial charge in [0.2, 0.25) is 0 Å². The minimum absolute atomic E-state index is 0.157. The summed E-state index contributed by atoms with van der Waals surface area (Å²) in [6, 6.07) is 6.91. The number of benzene rings is 2. The monoisotopic (exact) mass is 451 g/mol. The van der Waals surface area contributed by atoms with Crippen molar-refractivity contribution >= 4 is 17.2 Å². The zero-order valence-electron chi connectivity index (χ0n) is 16.5. The lowest BCUT2D eigenvalue weighted by atomic mass is 9.90. The third kappa shape index (κ3) is 3.52. The van der Waals surface area contributed by atoms with Crippen molar-refractivity contribution in [1.82, 2.24) is 4.90 Å².